The molecule has 0 aromatic heterocycles. The lowest BCUT2D eigenvalue weighted by atomic mass is 9.93. The maximum absolute atomic E-state index is 13.0. The second-order valence-corrected chi connectivity index (χ2v) is 10.9. The summed E-state index contributed by atoms with van der Waals surface area (Å²) >= 11 is 0. The molecule has 0 amide bonds. The molecular formula is C22H29FSi. The second kappa shape index (κ2) is 8.62. The molecule has 0 nitrogen and oxygen atoms in total. The summed E-state index contributed by atoms with van der Waals surface area (Å²) in [6.45, 7) is 2.34. The van der Waals surface area contributed by atoms with Crippen molar-refractivity contribution >= 4 is 8.80 Å². The highest BCUT2D eigenvalue weighted by Gasteiger charge is 2.21. The fraction of sp³-hybridized carbons (Fsp3) is 0.455. The Balaban J connectivity index is 1.49. The molecule has 2 heteroatoms. The molecular weight excluding hydrogens is 311 g/mol. The van der Waals surface area contributed by atoms with Crippen LogP contribution < -0.4 is 0 Å². The zero-order valence-electron chi connectivity index (χ0n) is 14.8. The van der Waals surface area contributed by atoms with Crippen LogP contribution in [0.25, 0.3) is 11.1 Å². The summed E-state index contributed by atoms with van der Waals surface area (Å²) in [6.07, 6.45) is 6.94. The summed E-state index contributed by atoms with van der Waals surface area (Å²) in [5.41, 5.74) is 3.70. The maximum Gasteiger partial charge on any atom is 0.123 e. The Bertz CT molecular complexity index is 609. The van der Waals surface area contributed by atoms with Gasteiger partial charge >= 0.3 is 0 Å². The van der Waals surface area contributed by atoms with Crippen molar-refractivity contribution in [3.8, 4) is 11.1 Å². The van der Waals surface area contributed by atoms with Gasteiger partial charge in [0.05, 0.1) is 0 Å². The zero-order chi connectivity index (χ0) is 16.8. The van der Waals surface area contributed by atoms with E-state index < -0.39 is 0 Å². The molecule has 0 atom stereocenters. The monoisotopic (exact) mass is 340 g/mol. The molecule has 2 aromatic carbocycles. The molecule has 0 saturated carbocycles. The first-order valence-corrected chi connectivity index (χ1v) is 12.0. The molecule has 0 spiro atoms. The van der Waals surface area contributed by atoms with Gasteiger partial charge in [0.15, 0.2) is 0 Å². The van der Waals surface area contributed by atoms with Crippen molar-refractivity contribution in [2.75, 3.05) is 0 Å². The average Bonchev–Trinajstić information content (AvgIpc) is 2.63. The number of rotatable bonds is 6. The van der Waals surface area contributed by atoms with E-state index in [1.54, 1.807) is 18.1 Å². The van der Waals surface area contributed by atoms with Crippen molar-refractivity contribution in [1.82, 2.24) is 0 Å². The lowest BCUT2D eigenvalue weighted by Gasteiger charge is -2.27. The van der Waals surface area contributed by atoms with Gasteiger partial charge in [0.1, 0.15) is 5.82 Å². The second-order valence-electron chi connectivity index (χ2n) is 7.42. The number of aryl methyl sites for hydroxylation is 1. The lowest BCUT2D eigenvalue weighted by Crippen LogP contribution is -2.21. The summed E-state index contributed by atoms with van der Waals surface area (Å²) in [5.74, 6) is 0.787. The summed E-state index contributed by atoms with van der Waals surface area (Å²) < 4.78 is 13.0. The SMILES string of the molecule is CCC[Si@H]1CC[C@H](CCc2ccc(-c3ccc(F)cc3)cc2)CC1. The van der Waals surface area contributed by atoms with E-state index in [0.29, 0.717) is 0 Å². The van der Waals surface area contributed by atoms with Gasteiger partial charge in [-0.25, -0.2) is 4.39 Å². The molecule has 0 aliphatic carbocycles. The van der Waals surface area contributed by atoms with Crippen molar-refractivity contribution in [1.29, 1.82) is 0 Å². The lowest BCUT2D eigenvalue weighted by molar-refractivity contribution is 0.437. The van der Waals surface area contributed by atoms with E-state index in [2.05, 4.69) is 31.2 Å². The predicted octanol–water partition coefficient (Wildman–Crippen LogP) is 6.47. The fourth-order valence-electron chi connectivity index (χ4n) is 4.09. The predicted molar refractivity (Wildman–Crippen MR) is 105 cm³/mol. The molecule has 0 unspecified atom stereocenters. The highest BCUT2D eigenvalue weighted by Crippen LogP contribution is 2.31. The van der Waals surface area contributed by atoms with Crippen LogP contribution in [0.3, 0.4) is 0 Å². The van der Waals surface area contributed by atoms with Crippen LogP contribution in [0.1, 0.15) is 38.2 Å². The normalized spacial score (nSPS) is 20.9. The number of hydrogen-bond donors (Lipinski definition) is 0. The molecule has 2 aromatic rings. The summed E-state index contributed by atoms with van der Waals surface area (Å²) in [5, 5.41) is 0. The third-order valence-corrected chi connectivity index (χ3v) is 9.33. The highest BCUT2D eigenvalue weighted by atomic mass is 28.3. The van der Waals surface area contributed by atoms with Gasteiger partial charge in [-0.1, -0.05) is 80.7 Å². The van der Waals surface area contributed by atoms with E-state index in [1.165, 1.54) is 55.4 Å². The Morgan fingerprint density at radius 1 is 0.917 bits per heavy atom. The molecule has 0 radical (unpaired) electrons. The molecule has 1 aliphatic rings. The summed E-state index contributed by atoms with van der Waals surface area (Å²) in [7, 11) is -0.336. The molecule has 1 heterocycles. The minimum atomic E-state index is -0.336. The molecule has 24 heavy (non-hydrogen) atoms. The first kappa shape index (κ1) is 17.4. The summed E-state index contributed by atoms with van der Waals surface area (Å²) in [6, 6.07) is 20.3. The minimum Gasteiger partial charge on any atom is -0.207 e. The molecule has 3 rings (SSSR count). The van der Waals surface area contributed by atoms with E-state index in [0.717, 1.165) is 11.5 Å². The molecule has 1 fully saturated rings. The minimum absolute atomic E-state index is 0.174. The van der Waals surface area contributed by atoms with E-state index in [4.69, 9.17) is 0 Å². The van der Waals surface area contributed by atoms with Gasteiger partial charge in [-0.05, 0) is 47.6 Å². The van der Waals surface area contributed by atoms with E-state index in [1.807, 2.05) is 12.1 Å². The van der Waals surface area contributed by atoms with E-state index in [9.17, 15) is 4.39 Å². The fourth-order valence-corrected chi connectivity index (χ4v) is 7.66. The van der Waals surface area contributed by atoms with Crippen molar-refractivity contribution in [3.63, 3.8) is 0 Å². The van der Waals surface area contributed by atoms with Crippen LogP contribution in [0.15, 0.2) is 48.5 Å². The molecule has 0 N–H and O–H groups in total. The van der Waals surface area contributed by atoms with E-state index >= 15 is 0 Å². The zero-order valence-corrected chi connectivity index (χ0v) is 16.0. The number of hydrogen-bond acceptors (Lipinski definition) is 0. The van der Waals surface area contributed by atoms with Gasteiger partial charge in [0.25, 0.3) is 0 Å². The third-order valence-electron chi connectivity index (χ3n) is 5.64. The Hall–Kier alpha value is -1.41. The van der Waals surface area contributed by atoms with Crippen LogP contribution in [0.5, 0.6) is 0 Å². The van der Waals surface area contributed by atoms with Crippen molar-refractivity contribution in [2.24, 2.45) is 5.92 Å². The van der Waals surface area contributed by atoms with Crippen LogP contribution in [0.4, 0.5) is 4.39 Å². The van der Waals surface area contributed by atoms with Gasteiger partial charge in [-0.15, -0.1) is 0 Å². The van der Waals surface area contributed by atoms with Gasteiger partial charge in [0, 0.05) is 8.80 Å². The third kappa shape index (κ3) is 4.79. The first-order chi connectivity index (χ1) is 11.7. The average molecular weight is 341 g/mol. The molecule has 0 bridgehead atoms. The van der Waals surface area contributed by atoms with Crippen LogP contribution in [0, 0.1) is 11.7 Å². The highest BCUT2D eigenvalue weighted by molar-refractivity contribution is 6.58. The molecule has 1 saturated heterocycles. The molecule has 128 valence electrons. The summed E-state index contributed by atoms with van der Waals surface area (Å²) in [4.78, 5) is 0. The Kier molecular flexibility index (Phi) is 6.25. The van der Waals surface area contributed by atoms with Crippen LogP contribution in [-0.4, -0.2) is 8.80 Å². The first-order valence-electron chi connectivity index (χ1n) is 9.59. The quantitative estimate of drug-likeness (QED) is 0.528. The number of halogens is 1. The number of benzene rings is 2. The largest absolute Gasteiger partial charge is 0.207 e. The Labute approximate surface area is 147 Å². The topological polar surface area (TPSA) is 0 Å². The van der Waals surface area contributed by atoms with Gasteiger partial charge < -0.3 is 0 Å². The van der Waals surface area contributed by atoms with Crippen LogP contribution >= 0.6 is 0 Å². The Morgan fingerprint density at radius 2 is 1.50 bits per heavy atom. The van der Waals surface area contributed by atoms with Gasteiger partial charge in [0.2, 0.25) is 0 Å². The van der Waals surface area contributed by atoms with Crippen LogP contribution in [0.2, 0.25) is 18.1 Å². The Morgan fingerprint density at radius 3 is 2.08 bits per heavy atom. The van der Waals surface area contributed by atoms with Gasteiger partial charge in [-0.2, -0.15) is 0 Å². The van der Waals surface area contributed by atoms with Crippen molar-refractivity contribution < 1.29 is 4.39 Å². The van der Waals surface area contributed by atoms with Crippen molar-refractivity contribution in [2.45, 2.75) is 57.2 Å². The standard InChI is InChI=1S/C22H29FSi/c1-2-15-24-16-13-19(14-17-24)4-3-18-5-7-20(8-6-18)21-9-11-22(23)12-10-21/h5-12,19,24H,2-4,13-17H2,1H3/t19-,24-. The van der Waals surface area contributed by atoms with E-state index in [-0.39, 0.29) is 14.6 Å². The smallest absolute Gasteiger partial charge is 0.123 e. The van der Waals surface area contributed by atoms with Crippen molar-refractivity contribution in [3.05, 3.63) is 59.9 Å². The molecule has 1 aliphatic heterocycles. The van der Waals surface area contributed by atoms with Gasteiger partial charge in [-0.3, -0.25) is 0 Å². The maximum atomic E-state index is 13.0. The van der Waals surface area contributed by atoms with Crippen LogP contribution in [-0.2, 0) is 6.42 Å².